The molecule has 22 heavy (non-hydrogen) atoms. The highest BCUT2D eigenvalue weighted by atomic mass is 15.2. The third-order valence-corrected chi connectivity index (χ3v) is 4.43. The van der Waals surface area contributed by atoms with Gasteiger partial charge in [0.05, 0.1) is 5.69 Å². The maximum atomic E-state index is 4.57. The second-order valence-electron chi connectivity index (χ2n) is 6.41. The first-order valence-electron chi connectivity index (χ1n) is 8.13. The summed E-state index contributed by atoms with van der Waals surface area (Å²) in [5.41, 5.74) is 3.62. The minimum absolute atomic E-state index is 0.547. The molecule has 1 saturated heterocycles. The summed E-state index contributed by atoms with van der Waals surface area (Å²) in [5, 5.41) is 3.69. The van der Waals surface area contributed by atoms with Crippen LogP contribution in [0.1, 0.15) is 23.9 Å². The summed E-state index contributed by atoms with van der Waals surface area (Å²) in [5.74, 6) is 0.675. The Morgan fingerprint density at radius 2 is 1.91 bits per heavy atom. The molecular weight excluding hydrogens is 270 g/mol. The number of aromatic nitrogens is 1. The number of nitrogens with zero attached hydrogens (tertiary/aromatic N) is 2. The second kappa shape index (κ2) is 7.03. The summed E-state index contributed by atoms with van der Waals surface area (Å²) in [6.45, 7) is 8.56. The molecule has 0 amide bonds. The second-order valence-corrected chi connectivity index (χ2v) is 6.41. The van der Waals surface area contributed by atoms with Crippen LogP contribution >= 0.6 is 0 Å². The van der Waals surface area contributed by atoms with Gasteiger partial charge in [0.25, 0.3) is 0 Å². The normalized spacial score (nSPS) is 22.1. The lowest BCUT2D eigenvalue weighted by molar-refractivity contribution is 0.316. The van der Waals surface area contributed by atoms with Crippen molar-refractivity contribution in [3.8, 4) is 0 Å². The number of hydrogen-bond acceptors (Lipinski definition) is 3. The highest BCUT2D eigenvalue weighted by Crippen LogP contribution is 2.19. The molecule has 1 aliphatic heterocycles. The van der Waals surface area contributed by atoms with Crippen molar-refractivity contribution >= 4 is 0 Å². The van der Waals surface area contributed by atoms with Crippen LogP contribution in [0.3, 0.4) is 0 Å². The molecule has 1 N–H and O–H groups in total. The Labute approximate surface area is 133 Å². The fourth-order valence-electron chi connectivity index (χ4n) is 3.24. The molecule has 3 heteroatoms. The van der Waals surface area contributed by atoms with Gasteiger partial charge >= 0.3 is 0 Å². The van der Waals surface area contributed by atoms with Crippen LogP contribution in [-0.4, -0.2) is 29.0 Å². The first-order chi connectivity index (χ1) is 10.7. The van der Waals surface area contributed by atoms with Gasteiger partial charge in [-0.25, -0.2) is 0 Å². The highest BCUT2D eigenvalue weighted by Gasteiger charge is 2.28. The van der Waals surface area contributed by atoms with Crippen molar-refractivity contribution in [3.05, 3.63) is 65.5 Å². The highest BCUT2D eigenvalue weighted by molar-refractivity contribution is 5.15. The summed E-state index contributed by atoms with van der Waals surface area (Å²) in [6.07, 6.45) is 0. The van der Waals surface area contributed by atoms with Crippen LogP contribution in [0, 0.1) is 12.8 Å². The van der Waals surface area contributed by atoms with Crippen molar-refractivity contribution in [1.29, 1.82) is 0 Å². The number of nitrogens with one attached hydrogen (secondary N) is 1. The zero-order chi connectivity index (χ0) is 15.4. The van der Waals surface area contributed by atoms with Gasteiger partial charge in [0.15, 0.2) is 0 Å². The number of pyridine rings is 1. The van der Waals surface area contributed by atoms with E-state index in [1.807, 2.05) is 13.0 Å². The van der Waals surface area contributed by atoms with E-state index in [4.69, 9.17) is 0 Å². The minimum atomic E-state index is 0.547. The molecule has 0 radical (unpaired) electrons. The number of aryl methyl sites for hydroxylation is 1. The first kappa shape index (κ1) is 15.2. The van der Waals surface area contributed by atoms with Crippen molar-refractivity contribution in [1.82, 2.24) is 15.2 Å². The van der Waals surface area contributed by atoms with E-state index in [2.05, 4.69) is 64.6 Å². The molecule has 0 bridgehead atoms. The molecule has 1 fully saturated rings. The monoisotopic (exact) mass is 295 g/mol. The zero-order valence-electron chi connectivity index (χ0n) is 13.5. The smallest absolute Gasteiger partial charge is 0.0544 e. The molecule has 0 unspecified atom stereocenters. The van der Waals surface area contributed by atoms with E-state index in [-0.39, 0.29) is 0 Å². The van der Waals surface area contributed by atoms with Crippen LogP contribution < -0.4 is 5.32 Å². The molecule has 1 aromatic carbocycles. The Bertz CT molecular complexity index is 597. The van der Waals surface area contributed by atoms with Crippen molar-refractivity contribution in [3.63, 3.8) is 0 Å². The number of hydrogen-bond donors (Lipinski definition) is 1. The van der Waals surface area contributed by atoms with Crippen molar-refractivity contribution in [2.45, 2.75) is 33.0 Å². The van der Waals surface area contributed by atoms with Gasteiger partial charge in [0, 0.05) is 37.9 Å². The first-order valence-corrected chi connectivity index (χ1v) is 8.13. The van der Waals surface area contributed by atoms with E-state index in [9.17, 15) is 0 Å². The molecule has 2 aromatic rings. The lowest BCUT2D eigenvalue weighted by atomic mass is 10.1. The van der Waals surface area contributed by atoms with Gasteiger partial charge in [0.2, 0.25) is 0 Å². The lowest BCUT2D eigenvalue weighted by Crippen LogP contribution is -2.35. The third-order valence-electron chi connectivity index (χ3n) is 4.43. The van der Waals surface area contributed by atoms with Gasteiger partial charge in [-0.3, -0.25) is 9.88 Å². The summed E-state index contributed by atoms with van der Waals surface area (Å²) < 4.78 is 0. The molecular formula is C19H25N3. The maximum Gasteiger partial charge on any atom is 0.0544 e. The van der Waals surface area contributed by atoms with Crippen LogP contribution in [0.15, 0.2) is 48.5 Å². The van der Waals surface area contributed by atoms with Crippen molar-refractivity contribution in [2.24, 2.45) is 5.92 Å². The number of benzene rings is 1. The summed E-state index contributed by atoms with van der Waals surface area (Å²) >= 11 is 0. The van der Waals surface area contributed by atoms with E-state index < -0.39 is 0 Å². The van der Waals surface area contributed by atoms with E-state index in [0.29, 0.717) is 12.0 Å². The Morgan fingerprint density at radius 3 is 2.68 bits per heavy atom. The largest absolute Gasteiger partial charge is 0.307 e. The molecule has 1 aromatic heterocycles. The molecule has 3 rings (SSSR count). The summed E-state index contributed by atoms with van der Waals surface area (Å²) in [7, 11) is 0. The average Bonchev–Trinajstić information content (AvgIpc) is 2.86. The summed E-state index contributed by atoms with van der Waals surface area (Å²) in [6, 6.07) is 17.5. The Kier molecular flexibility index (Phi) is 4.86. The third kappa shape index (κ3) is 3.93. The van der Waals surface area contributed by atoms with Crippen molar-refractivity contribution in [2.75, 3.05) is 13.1 Å². The van der Waals surface area contributed by atoms with Gasteiger partial charge in [-0.1, -0.05) is 43.3 Å². The standard InChI is InChI=1S/C19H25N3/c1-15-12-22(13-17-8-4-3-5-9-17)14-19(15)20-11-18-10-6-7-16(2)21-18/h3-10,15,19-20H,11-14H2,1-2H3/t15-,19+/m0/s1. The molecule has 116 valence electrons. The molecule has 2 atom stereocenters. The SMILES string of the molecule is Cc1cccc(CN[C@@H]2CN(Cc3ccccc3)C[C@@H]2C)n1. The fourth-order valence-corrected chi connectivity index (χ4v) is 3.24. The van der Waals surface area contributed by atoms with Gasteiger partial charge in [-0.2, -0.15) is 0 Å². The average molecular weight is 295 g/mol. The van der Waals surface area contributed by atoms with Crippen LogP contribution in [0.2, 0.25) is 0 Å². The predicted molar refractivity (Wildman–Crippen MR) is 90.5 cm³/mol. The molecule has 0 spiro atoms. The lowest BCUT2D eigenvalue weighted by Gasteiger charge is -2.17. The van der Waals surface area contributed by atoms with E-state index in [1.54, 1.807) is 0 Å². The van der Waals surface area contributed by atoms with Crippen LogP contribution in [0.5, 0.6) is 0 Å². The van der Waals surface area contributed by atoms with E-state index >= 15 is 0 Å². The van der Waals surface area contributed by atoms with Crippen LogP contribution in [-0.2, 0) is 13.1 Å². The quantitative estimate of drug-likeness (QED) is 0.919. The minimum Gasteiger partial charge on any atom is -0.307 e. The number of likely N-dealkylation sites (tertiary alicyclic amines) is 1. The van der Waals surface area contributed by atoms with Gasteiger partial charge < -0.3 is 5.32 Å². The molecule has 0 aliphatic carbocycles. The van der Waals surface area contributed by atoms with E-state index in [1.165, 1.54) is 5.56 Å². The van der Waals surface area contributed by atoms with Gasteiger partial charge in [0.1, 0.15) is 0 Å². The molecule has 0 saturated carbocycles. The fraction of sp³-hybridized carbons (Fsp3) is 0.421. The summed E-state index contributed by atoms with van der Waals surface area (Å²) in [4.78, 5) is 7.11. The number of rotatable bonds is 5. The zero-order valence-corrected chi connectivity index (χ0v) is 13.5. The van der Waals surface area contributed by atoms with Gasteiger partial charge in [-0.05, 0) is 30.5 Å². The predicted octanol–water partition coefficient (Wildman–Crippen LogP) is 3.00. The van der Waals surface area contributed by atoms with Crippen LogP contribution in [0.25, 0.3) is 0 Å². The van der Waals surface area contributed by atoms with Gasteiger partial charge in [-0.15, -0.1) is 0 Å². The molecule has 3 nitrogen and oxygen atoms in total. The van der Waals surface area contributed by atoms with E-state index in [0.717, 1.165) is 37.6 Å². The molecule has 2 heterocycles. The Balaban J connectivity index is 1.52. The topological polar surface area (TPSA) is 28.2 Å². The Hall–Kier alpha value is -1.71. The van der Waals surface area contributed by atoms with Crippen LogP contribution in [0.4, 0.5) is 0 Å². The Morgan fingerprint density at radius 1 is 1.09 bits per heavy atom. The molecule has 1 aliphatic rings. The maximum absolute atomic E-state index is 4.57. The van der Waals surface area contributed by atoms with Crippen molar-refractivity contribution < 1.29 is 0 Å².